The van der Waals surface area contributed by atoms with Gasteiger partial charge in [-0.25, -0.2) is 0 Å². The zero-order valence-corrected chi connectivity index (χ0v) is 14.6. The number of anilines is 1. The van der Waals surface area contributed by atoms with Crippen molar-refractivity contribution < 1.29 is 24.2 Å². The van der Waals surface area contributed by atoms with Crippen LogP contribution < -0.4 is 15.2 Å². The van der Waals surface area contributed by atoms with Gasteiger partial charge in [0.25, 0.3) is 11.1 Å². The minimum atomic E-state index is -1.27. The second-order valence-corrected chi connectivity index (χ2v) is 6.60. The van der Waals surface area contributed by atoms with Crippen LogP contribution >= 0.6 is 11.8 Å². The van der Waals surface area contributed by atoms with Crippen LogP contribution in [0.5, 0.6) is 5.75 Å². The molecule has 1 heterocycles. The van der Waals surface area contributed by atoms with Crippen LogP contribution in [0.25, 0.3) is 0 Å². The van der Waals surface area contributed by atoms with Crippen LogP contribution in [0.1, 0.15) is 15.9 Å². The fraction of sp³-hybridized carbons (Fsp3) is 0.167. The summed E-state index contributed by atoms with van der Waals surface area (Å²) in [5.41, 5.74) is 1.40. The molecular weight excluding hydrogens is 356 g/mol. The number of nitrogens with one attached hydrogen (secondary N) is 1. The number of carbonyl (C=O) groups excluding carboxylic acids is 3. The Hall–Kier alpha value is -3.00. The number of carboxylic acid groups (broad SMARTS) is 1. The Morgan fingerprint density at radius 2 is 1.81 bits per heavy atom. The van der Waals surface area contributed by atoms with Gasteiger partial charge < -0.3 is 20.0 Å². The van der Waals surface area contributed by atoms with Crippen LogP contribution in [0.3, 0.4) is 0 Å². The van der Waals surface area contributed by atoms with Gasteiger partial charge in [0.15, 0.2) is 5.37 Å². The molecule has 0 bridgehead atoms. The highest BCUT2D eigenvalue weighted by atomic mass is 32.2. The molecule has 2 aromatic rings. The van der Waals surface area contributed by atoms with Crippen molar-refractivity contribution in [2.75, 3.05) is 12.4 Å². The van der Waals surface area contributed by atoms with E-state index in [4.69, 9.17) is 4.74 Å². The Balaban J connectivity index is 1.67. The summed E-state index contributed by atoms with van der Waals surface area (Å²) >= 11 is 0.905. The second-order valence-electron chi connectivity index (χ2n) is 5.55. The highest BCUT2D eigenvalue weighted by Crippen LogP contribution is 2.30. The standard InChI is InChI=1S/C18H16N2O5S/c1-25-14-8-6-13(7-9-14)19-15-16(21)20(18(24)26-15)10-11-2-4-12(5-3-11)17(22)23/h2-9,15,19H,10H2,1H3,(H,22,23)/p-1/t15-/m0/s1. The quantitative estimate of drug-likeness (QED) is 0.825. The monoisotopic (exact) mass is 371 g/mol. The fourth-order valence-corrected chi connectivity index (χ4v) is 3.35. The van der Waals surface area contributed by atoms with Gasteiger partial charge in [-0.3, -0.25) is 14.5 Å². The number of carbonyl (C=O) groups is 3. The van der Waals surface area contributed by atoms with E-state index in [1.807, 2.05) is 0 Å². The van der Waals surface area contributed by atoms with E-state index in [1.165, 1.54) is 12.1 Å². The van der Waals surface area contributed by atoms with E-state index in [1.54, 1.807) is 43.5 Å². The van der Waals surface area contributed by atoms with Crippen LogP contribution in [0, 0.1) is 0 Å². The highest BCUT2D eigenvalue weighted by molar-refractivity contribution is 8.15. The first kappa shape index (κ1) is 17.8. The summed E-state index contributed by atoms with van der Waals surface area (Å²) in [5, 5.41) is 12.7. The molecule has 1 aliphatic heterocycles. The molecular formula is C18H15N2O5S-. The molecule has 0 saturated carbocycles. The number of rotatable bonds is 6. The number of methoxy groups -OCH3 is 1. The lowest BCUT2D eigenvalue weighted by atomic mass is 10.1. The predicted molar refractivity (Wildman–Crippen MR) is 94.7 cm³/mol. The van der Waals surface area contributed by atoms with Crippen LogP contribution in [0.15, 0.2) is 48.5 Å². The lowest BCUT2D eigenvalue weighted by Crippen LogP contribution is -2.34. The van der Waals surface area contributed by atoms with E-state index < -0.39 is 11.3 Å². The third-order valence-corrected chi connectivity index (χ3v) is 4.82. The summed E-state index contributed by atoms with van der Waals surface area (Å²) < 4.78 is 5.08. The molecule has 26 heavy (non-hydrogen) atoms. The number of imide groups is 1. The second kappa shape index (κ2) is 7.49. The van der Waals surface area contributed by atoms with Crippen LogP contribution in [0.2, 0.25) is 0 Å². The first-order chi connectivity index (χ1) is 12.5. The summed E-state index contributed by atoms with van der Waals surface area (Å²) in [7, 11) is 1.56. The third-order valence-electron chi connectivity index (χ3n) is 3.85. The average molecular weight is 371 g/mol. The molecule has 0 radical (unpaired) electrons. The SMILES string of the molecule is COc1ccc(N[C@H]2SC(=O)N(Cc3ccc(C(=O)[O-])cc3)C2=O)cc1. The number of hydrogen-bond donors (Lipinski definition) is 1. The number of hydrogen-bond acceptors (Lipinski definition) is 7. The molecule has 0 spiro atoms. The Labute approximate surface area is 153 Å². The van der Waals surface area contributed by atoms with Crippen LogP contribution in [-0.4, -0.2) is 34.5 Å². The Kier molecular flexibility index (Phi) is 5.13. The van der Waals surface area contributed by atoms with Crippen LogP contribution in [-0.2, 0) is 11.3 Å². The first-order valence-electron chi connectivity index (χ1n) is 7.71. The fourth-order valence-electron chi connectivity index (χ4n) is 2.45. The molecule has 1 atom stereocenters. The van der Waals surface area contributed by atoms with Gasteiger partial charge in [-0.1, -0.05) is 24.3 Å². The average Bonchev–Trinajstić information content (AvgIpc) is 2.90. The lowest BCUT2D eigenvalue weighted by molar-refractivity contribution is -0.255. The first-order valence-corrected chi connectivity index (χ1v) is 8.59. The largest absolute Gasteiger partial charge is 0.545 e. The normalized spacial score (nSPS) is 16.7. The predicted octanol–water partition coefficient (Wildman–Crippen LogP) is 1.69. The molecule has 7 nitrogen and oxygen atoms in total. The van der Waals surface area contributed by atoms with E-state index in [2.05, 4.69) is 5.32 Å². The van der Waals surface area contributed by atoms with Gasteiger partial charge in [-0.2, -0.15) is 0 Å². The highest BCUT2D eigenvalue weighted by Gasteiger charge is 2.39. The number of amides is 2. The molecule has 0 aromatic heterocycles. The maximum atomic E-state index is 12.5. The van der Waals surface area contributed by atoms with Crippen molar-refractivity contribution in [2.24, 2.45) is 0 Å². The maximum Gasteiger partial charge on any atom is 0.291 e. The Morgan fingerprint density at radius 3 is 2.38 bits per heavy atom. The summed E-state index contributed by atoms with van der Waals surface area (Å²) in [6.07, 6.45) is 0. The molecule has 1 aliphatic rings. The van der Waals surface area contributed by atoms with E-state index in [0.29, 0.717) is 17.0 Å². The molecule has 1 fully saturated rings. The smallest absolute Gasteiger partial charge is 0.291 e. The summed E-state index contributed by atoms with van der Waals surface area (Å²) in [6, 6.07) is 12.9. The maximum absolute atomic E-state index is 12.5. The van der Waals surface area contributed by atoms with Gasteiger partial charge >= 0.3 is 0 Å². The van der Waals surface area contributed by atoms with Gasteiger partial charge in [0.2, 0.25) is 0 Å². The molecule has 134 valence electrons. The number of thioether (sulfide) groups is 1. The van der Waals surface area contributed by atoms with Crippen LogP contribution in [0.4, 0.5) is 10.5 Å². The number of benzene rings is 2. The number of nitrogens with zero attached hydrogens (tertiary/aromatic N) is 1. The Morgan fingerprint density at radius 1 is 1.15 bits per heavy atom. The van der Waals surface area contributed by atoms with Crippen molar-refractivity contribution in [3.05, 3.63) is 59.7 Å². The van der Waals surface area contributed by atoms with Gasteiger partial charge in [0.05, 0.1) is 19.6 Å². The van der Waals surface area contributed by atoms with Crippen molar-refractivity contribution in [1.82, 2.24) is 4.90 Å². The minimum Gasteiger partial charge on any atom is -0.545 e. The summed E-state index contributed by atoms with van der Waals surface area (Å²) in [6.45, 7) is 0.0821. The van der Waals surface area contributed by atoms with E-state index in [-0.39, 0.29) is 23.3 Å². The number of carboxylic acids is 1. The van der Waals surface area contributed by atoms with E-state index in [0.717, 1.165) is 16.7 Å². The molecule has 1 saturated heterocycles. The topological polar surface area (TPSA) is 98.8 Å². The number of ether oxygens (including phenoxy) is 1. The van der Waals surface area contributed by atoms with Crippen molar-refractivity contribution in [3.63, 3.8) is 0 Å². The zero-order valence-electron chi connectivity index (χ0n) is 13.8. The zero-order chi connectivity index (χ0) is 18.7. The third kappa shape index (κ3) is 3.80. The van der Waals surface area contributed by atoms with Gasteiger partial charge in [0.1, 0.15) is 5.75 Å². The van der Waals surface area contributed by atoms with Crippen molar-refractivity contribution in [2.45, 2.75) is 11.9 Å². The van der Waals surface area contributed by atoms with Crippen molar-refractivity contribution >= 4 is 34.6 Å². The summed E-state index contributed by atoms with van der Waals surface area (Å²) in [5.74, 6) is -0.928. The lowest BCUT2D eigenvalue weighted by Gasteiger charge is -2.15. The molecule has 2 amide bonds. The van der Waals surface area contributed by atoms with Gasteiger partial charge in [0, 0.05) is 5.69 Å². The molecule has 0 unspecified atom stereocenters. The minimum absolute atomic E-state index is 0.0428. The summed E-state index contributed by atoms with van der Waals surface area (Å²) in [4.78, 5) is 36.6. The Bertz CT molecular complexity index is 836. The number of aromatic carboxylic acids is 1. The molecule has 3 rings (SSSR count). The van der Waals surface area contributed by atoms with E-state index >= 15 is 0 Å². The van der Waals surface area contributed by atoms with Crippen molar-refractivity contribution in [1.29, 1.82) is 0 Å². The van der Waals surface area contributed by atoms with Gasteiger partial charge in [-0.05, 0) is 47.2 Å². The van der Waals surface area contributed by atoms with Gasteiger partial charge in [-0.15, -0.1) is 0 Å². The van der Waals surface area contributed by atoms with Crippen molar-refractivity contribution in [3.8, 4) is 5.75 Å². The molecule has 0 aliphatic carbocycles. The molecule has 2 aromatic carbocycles. The van der Waals surface area contributed by atoms with E-state index in [9.17, 15) is 19.5 Å². The molecule has 1 N–H and O–H groups in total. The molecule has 8 heteroatoms.